The molecule has 2 amide bonds. The molecule has 0 atom stereocenters. The molecule has 20 heavy (non-hydrogen) atoms. The Morgan fingerprint density at radius 2 is 1.90 bits per heavy atom. The number of nitrogens with one attached hydrogen (secondary N) is 1. The Bertz CT molecular complexity index is 345. The van der Waals surface area contributed by atoms with E-state index in [1.165, 1.54) is 0 Å². The van der Waals surface area contributed by atoms with Gasteiger partial charge in [0, 0.05) is 39.6 Å². The van der Waals surface area contributed by atoms with E-state index in [2.05, 4.69) is 5.32 Å². The second-order valence-electron chi connectivity index (χ2n) is 5.01. The van der Waals surface area contributed by atoms with Crippen LogP contribution < -0.4 is 5.32 Å². The van der Waals surface area contributed by atoms with Crippen molar-refractivity contribution in [3.05, 3.63) is 0 Å². The first-order valence-electron chi connectivity index (χ1n) is 6.96. The molecule has 7 nitrogen and oxygen atoms in total. The van der Waals surface area contributed by atoms with Crippen molar-refractivity contribution < 1.29 is 23.8 Å². The second kappa shape index (κ2) is 7.01. The molecule has 7 heteroatoms. The van der Waals surface area contributed by atoms with Crippen molar-refractivity contribution in [3.63, 3.8) is 0 Å². The normalized spacial score (nSPS) is 21.1. The van der Waals surface area contributed by atoms with Crippen LogP contribution in [0, 0.1) is 0 Å². The third-order valence-corrected chi connectivity index (χ3v) is 3.63. The van der Waals surface area contributed by atoms with E-state index < -0.39 is 5.79 Å². The molecule has 0 unspecified atom stereocenters. The predicted molar refractivity (Wildman–Crippen MR) is 70.0 cm³/mol. The number of methoxy groups -OCH3 is 1. The van der Waals surface area contributed by atoms with Gasteiger partial charge in [0.25, 0.3) is 0 Å². The van der Waals surface area contributed by atoms with E-state index in [1.807, 2.05) is 0 Å². The molecule has 0 bridgehead atoms. The summed E-state index contributed by atoms with van der Waals surface area (Å²) >= 11 is 0. The van der Waals surface area contributed by atoms with Gasteiger partial charge in [0.2, 0.25) is 11.8 Å². The fourth-order valence-corrected chi connectivity index (χ4v) is 2.49. The number of piperidine rings is 1. The maximum atomic E-state index is 12.0. The zero-order valence-corrected chi connectivity index (χ0v) is 11.9. The summed E-state index contributed by atoms with van der Waals surface area (Å²) < 4.78 is 16.0. The van der Waals surface area contributed by atoms with Crippen molar-refractivity contribution in [2.24, 2.45) is 0 Å². The molecule has 0 saturated carbocycles. The van der Waals surface area contributed by atoms with Gasteiger partial charge in [-0.05, 0) is 0 Å². The summed E-state index contributed by atoms with van der Waals surface area (Å²) in [7, 11) is 1.56. The van der Waals surface area contributed by atoms with Crippen LogP contribution in [0.3, 0.4) is 0 Å². The van der Waals surface area contributed by atoms with E-state index in [4.69, 9.17) is 14.2 Å². The Balaban J connectivity index is 1.70. The third-order valence-electron chi connectivity index (χ3n) is 3.63. The lowest BCUT2D eigenvalue weighted by molar-refractivity contribution is -0.187. The summed E-state index contributed by atoms with van der Waals surface area (Å²) in [6.07, 6.45) is 1.23. The molecule has 0 aromatic carbocycles. The molecular weight excluding hydrogens is 264 g/mol. The molecular formula is C13H22N2O5. The molecule has 1 N–H and O–H groups in total. The fourth-order valence-electron chi connectivity index (χ4n) is 2.49. The van der Waals surface area contributed by atoms with Crippen LogP contribution in [-0.4, -0.2) is 69.1 Å². The molecule has 2 saturated heterocycles. The fraction of sp³-hybridized carbons (Fsp3) is 0.846. The van der Waals surface area contributed by atoms with Crippen LogP contribution in [0.2, 0.25) is 0 Å². The Labute approximate surface area is 118 Å². The largest absolute Gasteiger partial charge is 0.383 e. The molecule has 0 radical (unpaired) electrons. The van der Waals surface area contributed by atoms with E-state index in [9.17, 15) is 9.59 Å². The lowest BCUT2D eigenvalue weighted by atomic mass is 10.0. The van der Waals surface area contributed by atoms with Crippen LogP contribution in [-0.2, 0) is 23.8 Å². The summed E-state index contributed by atoms with van der Waals surface area (Å²) in [5.41, 5.74) is 0. The molecule has 2 rings (SSSR count). The lowest BCUT2D eigenvalue weighted by Crippen LogP contribution is -2.48. The van der Waals surface area contributed by atoms with Crippen molar-refractivity contribution in [2.45, 2.75) is 25.0 Å². The minimum Gasteiger partial charge on any atom is -0.383 e. The Morgan fingerprint density at radius 1 is 1.25 bits per heavy atom. The van der Waals surface area contributed by atoms with Crippen LogP contribution in [0.1, 0.15) is 19.3 Å². The van der Waals surface area contributed by atoms with E-state index in [-0.39, 0.29) is 18.2 Å². The van der Waals surface area contributed by atoms with Crippen molar-refractivity contribution in [1.29, 1.82) is 0 Å². The molecule has 0 aliphatic carbocycles. The van der Waals surface area contributed by atoms with Crippen LogP contribution in [0.4, 0.5) is 0 Å². The number of hydrogen-bond acceptors (Lipinski definition) is 5. The maximum absolute atomic E-state index is 12.0. The molecule has 2 fully saturated rings. The van der Waals surface area contributed by atoms with Gasteiger partial charge in [-0.3, -0.25) is 9.59 Å². The quantitative estimate of drug-likeness (QED) is 0.545. The van der Waals surface area contributed by atoms with Crippen LogP contribution >= 0.6 is 0 Å². The first-order chi connectivity index (χ1) is 9.65. The van der Waals surface area contributed by atoms with Gasteiger partial charge in [0.05, 0.1) is 19.8 Å². The van der Waals surface area contributed by atoms with Gasteiger partial charge < -0.3 is 24.4 Å². The average Bonchev–Trinajstić information content (AvgIpc) is 2.88. The van der Waals surface area contributed by atoms with Crippen molar-refractivity contribution in [3.8, 4) is 0 Å². The number of rotatable bonds is 5. The molecule has 2 aliphatic heterocycles. The smallest absolute Gasteiger partial charge is 0.232 e. The Kier molecular flexibility index (Phi) is 5.33. The standard InChI is InChI=1S/C13H22N2O5/c1-18-7-4-14-11(16)10-12(17)15-5-2-13(3-6-15)19-8-9-20-13/h2-10H2,1H3,(H,14,16). The SMILES string of the molecule is COCCNC(=O)CC(=O)N1CCC2(CC1)OCCO2. The number of ether oxygens (including phenoxy) is 3. The van der Waals surface area contributed by atoms with E-state index in [0.29, 0.717) is 52.3 Å². The van der Waals surface area contributed by atoms with Crippen molar-refractivity contribution in [2.75, 3.05) is 46.6 Å². The summed E-state index contributed by atoms with van der Waals surface area (Å²) in [6.45, 7) is 3.26. The van der Waals surface area contributed by atoms with Gasteiger partial charge >= 0.3 is 0 Å². The average molecular weight is 286 g/mol. The van der Waals surface area contributed by atoms with Gasteiger partial charge in [0.1, 0.15) is 6.42 Å². The first kappa shape index (κ1) is 15.2. The first-order valence-corrected chi connectivity index (χ1v) is 6.96. The lowest BCUT2D eigenvalue weighted by Gasteiger charge is -2.37. The van der Waals surface area contributed by atoms with E-state index >= 15 is 0 Å². The summed E-state index contributed by atoms with van der Waals surface area (Å²) in [6, 6.07) is 0. The molecule has 0 aromatic heterocycles. The predicted octanol–water partition coefficient (Wildman–Crippen LogP) is -0.495. The Morgan fingerprint density at radius 3 is 2.50 bits per heavy atom. The highest BCUT2D eigenvalue weighted by molar-refractivity contribution is 5.96. The minimum atomic E-state index is -0.489. The van der Waals surface area contributed by atoms with Crippen LogP contribution in [0.25, 0.3) is 0 Å². The molecule has 0 aromatic rings. The molecule has 114 valence electrons. The van der Waals surface area contributed by atoms with Crippen molar-refractivity contribution >= 4 is 11.8 Å². The summed E-state index contributed by atoms with van der Waals surface area (Å²) in [5.74, 6) is -0.897. The van der Waals surface area contributed by atoms with E-state index in [0.717, 1.165) is 0 Å². The van der Waals surface area contributed by atoms with Gasteiger partial charge in [0.15, 0.2) is 5.79 Å². The molecule has 2 aliphatic rings. The number of carbonyl (C=O) groups is 2. The summed E-state index contributed by atoms with van der Waals surface area (Å²) in [5, 5.41) is 2.64. The number of amides is 2. The molecule has 1 spiro atoms. The van der Waals surface area contributed by atoms with Gasteiger partial charge in [-0.1, -0.05) is 0 Å². The van der Waals surface area contributed by atoms with Crippen LogP contribution in [0.15, 0.2) is 0 Å². The maximum Gasteiger partial charge on any atom is 0.232 e. The van der Waals surface area contributed by atoms with E-state index in [1.54, 1.807) is 12.0 Å². The number of hydrogen-bond donors (Lipinski definition) is 1. The van der Waals surface area contributed by atoms with Crippen molar-refractivity contribution in [1.82, 2.24) is 10.2 Å². The summed E-state index contributed by atoms with van der Waals surface area (Å²) in [4.78, 5) is 25.3. The highest BCUT2D eigenvalue weighted by Gasteiger charge is 2.40. The highest BCUT2D eigenvalue weighted by atomic mass is 16.7. The number of carbonyl (C=O) groups excluding carboxylic acids is 2. The minimum absolute atomic E-state index is 0.113. The highest BCUT2D eigenvalue weighted by Crippen LogP contribution is 2.31. The van der Waals surface area contributed by atoms with Gasteiger partial charge in [-0.25, -0.2) is 0 Å². The topological polar surface area (TPSA) is 77.1 Å². The number of nitrogens with zero attached hydrogens (tertiary/aromatic N) is 1. The van der Waals surface area contributed by atoms with Gasteiger partial charge in [-0.15, -0.1) is 0 Å². The third kappa shape index (κ3) is 3.91. The van der Waals surface area contributed by atoms with Gasteiger partial charge in [-0.2, -0.15) is 0 Å². The molecule has 2 heterocycles. The van der Waals surface area contributed by atoms with Crippen LogP contribution in [0.5, 0.6) is 0 Å². The number of likely N-dealkylation sites (tertiary alicyclic amines) is 1. The zero-order valence-electron chi connectivity index (χ0n) is 11.9. The second-order valence-corrected chi connectivity index (χ2v) is 5.01. The Hall–Kier alpha value is -1.18. The monoisotopic (exact) mass is 286 g/mol. The zero-order chi connectivity index (χ0) is 14.4.